The molecule has 218 valence electrons. The van der Waals surface area contributed by atoms with Crippen molar-refractivity contribution in [2.24, 2.45) is 10.2 Å². The Balaban J connectivity index is 2.63. The maximum absolute atomic E-state index is 14.2. The van der Waals surface area contributed by atoms with E-state index in [1.807, 2.05) is 13.8 Å². The summed E-state index contributed by atoms with van der Waals surface area (Å²) >= 11 is 0.878. The molecule has 0 N–H and O–H groups in total. The molecular formula is C22H28F10N4S2. The van der Waals surface area contributed by atoms with Crippen LogP contribution in [0.3, 0.4) is 0 Å². The molecule has 0 aliphatic rings. The van der Waals surface area contributed by atoms with E-state index in [-0.39, 0.29) is 35.5 Å². The van der Waals surface area contributed by atoms with Crippen molar-refractivity contribution in [3.05, 3.63) is 31.8 Å². The normalized spacial score (nSPS) is 14.6. The third-order valence-electron chi connectivity index (χ3n) is 5.64. The quantitative estimate of drug-likeness (QED) is 0.126. The maximum Gasteiger partial charge on any atom is 0.459 e. The van der Waals surface area contributed by atoms with E-state index in [4.69, 9.17) is 0 Å². The topological polar surface area (TPSA) is 34.6 Å². The lowest BCUT2D eigenvalue weighted by molar-refractivity contribution is -0.292. The third-order valence-corrected chi connectivity index (χ3v) is 7.35. The molecule has 0 spiro atoms. The van der Waals surface area contributed by atoms with Crippen LogP contribution in [0.15, 0.2) is 21.0 Å². The molecule has 16 heteroatoms. The largest absolute Gasteiger partial charge is 0.459 e. The van der Waals surface area contributed by atoms with Crippen LogP contribution in [-0.2, 0) is 24.9 Å². The second kappa shape index (κ2) is 13.0. The van der Waals surface area contributed by atoms with E-state index in [0.29, 0.717) is 55.4 Å². The predicted octanol–water partition coefficient (Wildman–Crippen LogP) is 8.30. The summed E-state index contributed by atoms with van der Waals surface area (Å²) in [5, 5.41) is 8.64. The molecular weight excluding hydrogens is 574 g/mol. The zero-order valence-corrected chi connectivity index (χ0v) is 22.2. The molecule has 0 radical (unpaired) electrons. The van der Waals surface area contributed by atoms with Crippen LogP contribution in [0.1, 0.15) is 76.6 Å². The van der Waals surface area contributed by atoms with E-state index in [9.17, 15) is 43.9 Å². The first kappa shape index (κ1) is 32.4. The smallest absolute Gasteiger partial charge is 0.314 e. The van der Waals surface area contributed by atoms with Gasteiger partial charge in [0.15, 0.2) is 0 Å². The van der Waals surface area contributed by atoms with Crippen LogP contribution >= 0.6 is 22.7 Å². The molecule has 0 amide bonds. The van der Waals surface area contributed by atoms with E-state index in [0.717, 1.165) is 25.7 Å². The summed E-state index contributed by atoms with van der Waals surface area (Å²) in [4.78, 5) is -0.731. The lowest BCUT2D eigenvalue weighted by Crippen LogP contribution is -2.37. The van der Waals surface area contributed by atoms with Crippen LogP contribution in [-0.4, -0.2) is 21.5 Å². The number of hydrogen-bond donors (Lipinski definition) is 0. The summed E-state index contributed by atoms with van der Waals surface area (Å²) in [7, 11) is 0. The number of thiazole rings is 2. The monoisotopic (exact) mass is 602 g/mol. The molecule has 4 nitrogen and oxygen atoms in total. The zero-order chi connectivity index (χ0) is 28.8. The standard InChI is InChI=1S/C22H28F10N4S2/c1-3-5-7-9-11-35-15(19(23,24)21(27,28)29)13-37-17(35)33-34-18-36(12-10-8-6-4-2)16(14-38-18)20(25,26)22(30,31)32/h13-14H,3-12H2,1-2H3/b33-17-,34-18+. The first-order valence-corrected chi connectivity index (χ1v) is 13.7. The highest BCUT2D eigenvalue weighted by atomic mass is 32.1. The molecule has 0 aromatic carbocycles. The molecule has 0 bridgehead atoms. The number of nitrogens with zero attached hydrogens (tertiary/aromatic N) is 4. The molecule has 2 aromatic rings. The van der Waals surface area contributed by atoms with Crippen molar-refractivity contribution in [1.82, 2.24) is 9.13 Å². The van der Waals surface area contributed by atoms with Crippen LogP contribution in [0, 0.1) is 0 Å². The van der Waals surface area contributed by atoms with Crippen molar-refractivity contribution in [3.63, 3.8) is 0 Å². The Bertz CT molecular complexity index is 1060. The Kier molecular flexibility index (Phi) is 11.1. The molecule has 38 heavy (non-hydrogen) atoms. The van der Waals surface area contributed by atoms with E-state index in [1.54, 1.807) is 0 Å². The fourth-order valence-electron chi connectivity index (χ4n) is 3.52. The lowest BCUT2D eigenvalue weighted by Gasteiger charge is -2.21. The van der Waals surface area contributed by atoms with Crippen molar-refractivity contribution in [1.29, 1.82) is 0 Å². The van der Waals surface area contributed by atoms with E-state index < -0.39 is 35.6 Å². The summed E-state index contributed by atoms with van der Waals surface area (Å²) in [5.41, 5.74) is -2.69. The fourth-order valence-corrected chi connectivity index (χ4v) is 5.32. The van der Waals surface area contributed by atoms with Gasteiger partial charge in [-0.15, -0.1) is 32.9 Å². The summed E-state index contributed by atoms with van der Waals surface area (Å²) in [6.07, 6.45) is -7.12. The third kappa shape index (κ3) is 7.42. The minimum Gasteiger partial charge on any atom is -0.314 e. The van der Waals surface area contributed by atoms with Gasteiger partial charge in [0.1, 0.15) is 11.4 Å². The lowest BCUT2D eigenvalue weighted by atomic mass is 10.2. The van der Waals surface area contributed by atoms with Gasteiger partial charge in [-0.3, -0.25) is 0 Å². The molecule has 0 atom stereocenters. The zero-order valence-electron chi connectivity index (χ0n) is 20.6. The second-order valence-corrected chi connectivity index (χ2v) is 10.2. The van der Waals surface area contributed by atoms with Gasteiger partial charge in [-0.2, -0.15) is 43.9 Å². The Morgan fingerprint density at radius 2 is 0.921 bits per heavy atom. The number of aromatic nitrogens is 2. The Labute approximate surface area is 220 Å². The molecule has 0 unspecified atom stereocenters. The van der Waals surface area contributed by atoms with Crippen molar-refractivity contribution in [3.8, 4) is 0 Å². The Morgan fingerprint density at radius 1 is 0.579 bits per heavy atom. The van der Waals surface area contributed by atoms with Crippen LogP contribution in [0.4, 0.5) is 43.9 Å². The van der Waals surface area contributed by atoms with Crippen molar-refractivity contribution < 1.29 is 43.9 Å². The van der Waals surface area contributed by atoms with Crippen molar-refractivity contribution >= 4 is 22.7 Å². The van der Waals surface area contributed by atoms with Gasteiger partial charge in [-0.1, -0.05) is 52.4 Å². The van der Waals surface area contributed by atoms with Crippen molar-refractivity contribution in [2.45, 2.75) is 103 Å². The SMILES string of the molecule is CCCCCCn1c(C(F)(F)C(F)(F)F)cs/c1=N\N=c1\scc(C(F)(F)C(F)(F)F)n1CCCCCC. The molecule has 2 heterocycles. The van der Waals surface area contributed by atoms with Gasteiger partial charge in [0.05, 0.1) is 0 Å². The predicted molar refractivity (Wildman–Crippen MR) is 124 cm³/mol. The highest BCUT2D eigenvalue weighted by Crippen LogP contribution is 2.45. The summed E-state index contributed by atoms with van der Waals surface area (Å²) in [5.74, 6) is -10.4. The van der Waals surface area contributed by atoms with Gasteiger partial charge >= 0.3 is 24.2 Å². The number of rotatable bonds is 13. The molecule has 0 saturated heterocycles. The Morgan fingerprint density at radius 3 is 1.21 bits per heavy atom. The van der Waals surface area contributed by atoms with Gasteiger partial charge in [-0.05, 0) is 12.8 Å². The number of alkyl halides is 10. The first-order valence-electron chi connectivity index (χ1n) is 11.9. The molecule has 2 rings (SSSR count). The average molecular weight is 603 g/mol. The highest BCUT2D eigenvalue weighted by molar-refractivity contribution is 7.07. The summed E-state index contributed by atoms with van der Waals surface area (Å²) < 4.78 is 136. The Hall–Kier alpha value is -1.84. The van der Waals surface area contributed by atoms with Gasteiger partial charge in [0, 0.05) is 23.8 Å². The number of hydrogen-bond acceptors (Lipinski definition) is 4. The summed E-state index contributed by atoms with van der Waals surface area (Å²) in [6.45, 7) is 3.29. The minimum atomic E-state index is -5.87. The minimum absolute atomic E-state index is 0.238. The van der Waals surface area contributed by atoms with Gasteiger partial charge < -0.3 is 9.13 Å². The number of unbranched alkanes of at least 4 members (excludes halogenated alkanes) is 6. The number of halogens is 10. The van der Waals surface area contributed by atoms with Gasteiger partial charge in [-0.25, -0.2) is 0 Å². The molecule has 0 aliphatic heterocycles. The van der Waals surface area contributed by atoms with E-state index in [1.165, 1.54) is 0 Å². The molecule has 0 saturated carbocycles. The van der Waals surface area contributed by atoms with Gasteiger partial charge in [0.2, 0.25) is 9.60 Å². The highest BCUT2D eigenvalue weighted by Gasteiger charge is 2.61. The van der Waals surface area contributed by atoms with Crippen LogP contribution in [0.5, 0.6) is 0 Å². The second-order valence-electron chi connectivity index (χ2n) is 8.58. The van der Waals surface area contributed by atoms with Crippen LogP contribution in [0.25, 0.3) is 0 Å². The molecule has 0 fully saturated rings. The van der Waals surface area contributed by atoms with Crippen molar-refractivity contribution in [2.75, 3.05) is 0 Å². The maximum atomic E-state index is 14.2. The van der Waals surface area contributed by atoms with Crippen LogP contribution < -0.4 is 9.60 Å². The van der Waals surface area contributed by atoms with E-state index in [2.05, 4.69) is 10.2 Å². The van der Waals surface area contributed by atoms with Crippen LogP contribution in [0.2, 0.25) is 0 Å². The van der Waals surface area contributed by atoms with E-state index >= 15 is 0 Å². The summed E-state index contributed by atoms with van der Waals surface area (Å²) in [6, 6.07) is 0. The molecule has 0 aliphatic carbocycles. The first-order chi connectivity index (χ1) is 17.6. The molecule has 2 aromatic heterocycles. The van der Waals surface area contributed by atoms with Gasteiger partial charge in [0.25, 0.3) is 0 Å². The fraction of sp³-hybridized carbons (Fsp3) is 0.727. The average Bonchev–Trinajstić information content (AvgIpc) is 3.41.